The van der Waals surface area contributed by atoms with Crippen molar-refractivity contribution < 1.29 is 8.42 Å². The molecule has 24 heavy (non-hydrogen) atoms. The quantitative estimate of drug-likeness (QED) is 0.745. The van der Waals surface area contributed by atoms with Gasteiger partial charge in [0.1, 0.15) is 0 Å². The maximum absolute atomic E-state index is 12.8. The van der Waals surface area contributed by atoms with Crippen LogP contribution in [0.3, 0.4) is 0 Å². The molecule has 7 heteroatoms. The largest absolute Gasteiger partial charge is 0.296 e. The van der Waals surface area contributed by atoms with Gasteiger partial charge >= 0.3 is 0 Å². The summed E-state index contributed by atoms with van der Waals surface area (Å²) in [6, 6.07) is 14.7. The molecule has 1 aliphatic heterocycles. The summed E-state index contributed by atoms with van der Waals surface area (Å²) >= 11 is 9.35. The third-order valence-corrected chi connectivity index (χ3v) is 7.23. The molecule has 3 rings (SSSR count). The number of nitrogens with zero attached hydrogens (tertiary/aromatic N) is 2. The van der Waals surface area contributed by atoms with Crippen molar-refractivity contribution in [2.24, 2.45) is 0 Å². The molecule has 0 aliphatic carbocycles. The number of halogens is 2. The zero-order valence-electron chi connectivity index (χ0n) is 13.0. The zero-order chi connectivity index (χ0) is 17.2. The van der Waals surface area contributed by atoms with Crippen LogP contribution in [0.1, 0.15) is 5.56 Å². The highest BCUT2D eigenvalue weighted by molar-refractivity contribution is 9.10. The molecule has 1 fully saturated rings. The van der Waals surface area contributed by atoms with Crippen molar-refractivity contribution in [2.75, 3.05) is 26.2 Å². The fraction of sp³-hybridized carbons (Fsp3) is 0.294. The molecule has 0 unspecified atom stereocenters. The second-order valence-electron chi connectivity index (χ2n) is 5.74. The van der Waals surface area contributed by atoms with E-state index >= 15 is 0 Å². The van der Waals surface area contributed by atoms with Gasteiger partial charge in [-0.1, -0.05) is 35.9 Å². The molecule has 0 N–H and O–H groups in total. The molecule has 2 aromatic rings. The minimum Gasteiger partial charge on any atom is -0.296 e. The van der Waals surface area contributed by atoms with Gasteiger partial charge in [-0.3, -0.25) is 4.90 Å². The van der Waals surface area contributed by atoms with Gasteiger partial charge in [0.2, 0.25) is 10.0 Å². The van der Waals surface area contributed by atoms with Crippen LogP contribution in [0.5, 0.6) is 0 Å². The smallest absolute Gasteiger partial charge is 0.244 e. The molecular weight excluding hydrogens is 412 g/mol. The average molecular weight is 430 g/mol. The molecule has 1 saturated heterocycles. The van der Waals surface area contributed by atoms with Gasteiger partial charge in [-0.2, -0.15) is 4.31 Å². The lowest BCUT2D eigenvalue weighted by molar-refractivity contribution is 0.181. The Kier molecular flexibility index (Phi) is 5.62. The Labute approximate surface area is 156 Å². The Morgan fingerprint density at radius 2 is 1.71 bits per heavy atom. The van der Waals surface area contributed by atoms with Crippen LogP contribution < -0.4 is 0 Å². The summed E-state index contributed by atoms with van der Waals surface area (Å²) < 4.78 is 27.7. The van der Waals surface area contributed by atoms with Crippen LogP contribution in [0, 0.1) is 0 Å². The predicted molar refractivity (Wildman–Crippen MR) is 99.6 cm³/mol. The monoisotopic (exact) mass is 428 g/mol. The SMILES string of the molecule is O=S(=O)(c1ccccc1Br)N1CCN(Cc2cccc(Cl)c2)CC1. The first-order valence-electron chi connectivity index (χ1n) is 7.68. The highest BCUT2D eigenvalue weighted by atomic mass is 79.9. The summed E-state index contributed by atoms with van der Waals surface area (Å²) in [4.78, 5) is 2.57. The summed E-state index contributed by atoms with van der Waals surface area (Å²) in [5, 5.41) is 0.725. The van der Waals surface area contributed by atoms with Crippen molar-refractivity contribution in [2.45, 2.75) is 11.4 Å². The van der Waals surface area contributed by atoms with E-state index in [0.29, 0.717) is 35.5 Å². The fourth-order valence-corrected chi connectivity index (χ4v) is 5.41. The number of piperazine rings is 1. The van der Waals surface area contributed by atoms with Gasteiger partial charge in [0.25, 0.3) is 0 Å². The maximum atomic E-state index is 12.8. The molecule has 0 spiro atoms. The van der Waals surface area contributed by atoms with Crippen molar-refractivity contribution in [3.63, 3.8) is 0 Å². The fourth-order valence-electron chi connectivity index (χ4n) is 2.81. The van der Waals surface area contributed by atoms with E-state index in [-0.39, 0.29) is 0 Å². The average Bonchev–Trinajstić information content (AvgIpc) is 2.55. The van der Waals surface area contributed by atoms with Crippen LogP contribution in [0.25, 0.3) is 0 Å². The van der Waals surface area contributed by atoms with Gasteiger partial charge in [-0.05, 0) is 45.8 Å². The highest BCUT2D eigenvalue weighted by Crippen LogP contribution is 2.25. The predicted octanol–water partition coefficient (Wildman–Crippen LogP) is 3.61. The van der Waals surface area contributed by atoms with Crippen molar-refractivity contribution >= 4 is 37.6 Å². The van der Waals surface area contributed by atoms with Gasteiger partial charge in [0.05, 0.1) is 4.90 Å². The van der Waals surface area contributed by atoms with E-state index in [0.717, 1.165) is 17.1 Å². The normalized spacial score (nSPS) is 17.1. The van der Waals surface area contributed by atoms with E-state index in [1.807, 2.05) is 30.3 Å². The van der Waals surface area contributed by atoms with E-state index in [1.165, 1.54) is 0 Å². The Bertz CT molecular complexity index is 821. The third kappa shape index (κ3) is 4.00. The standard InChI is InChI=1S/C17H18BrClN2O2S/c18-16-6-1-2-7-17(16)24(22,23)21-10-8-20(9-11-21)13-14-4-3-5-15(19)12-14/h1-7,12H,8-11,13H2. The summed E-state index contributed by atoms with van der Waals surface area (Å²) in [5.41, 5.74) is 1.14. The second kappa shape index (κ2) is 7.54. The van der Waals surface area contributed by atoms with Crippen LogP contribution in [-0.2, 0) is 16.6 Å². The molecule has 4 nitrogen and oxygen atoms in total. The lowest BCUT2D eigenvalue weighted by atomic mass is 10.2. The molecule has 0 saturated carbocycles. The molecule has 0 atom stereocenters. The second-order valence-corrected chi connectivity index (χ2v) is 8.94. The van der Waals surface area contributed by atoms with Gasteiger partial charge in [0, 0.05) is 42.2 Å². The molecule has 0 amide bonds. The number of benzene rings is 2. The van der Waals surface area contributed by atoms with Crippen LogP contribution in [0.2, 0.25) is 5.02 Å². The molecule has 0 radical (unpaired) electrons. The molecular formula is C17H18BrClN2O2S. The number of hydrogen-bond donors (Lipinski definition) is 0. The van der Waals surface area contributed by atoms with Crippen molar-refractivity contribution in [1.29, 1.82) is 0 Å². The Morgan fingerprint density at radius 3 is 2.38 bits per heavy atom. The van der Waals surface area contributed by atoms with E-state index < -0.39 is 10.0 Å². The third-order valence-electron chi connectivity index (χ3n) is 4.08. The molecule has 0 aromatic heterocycles. The Morgan fingerprint density at radius 1 is 1.00 bits per heavy atom. The molecule has 1 aliphatic rings. The maximum Gasteiger partial charge on any atom is 0.244 e. The van der Waals surface area contributed by atoms with Gasteiger partial charge in [-0.25, -0.2) is 8.42 Å². The van der Waals surface area contributed by atoms with Gasteiger partial charge < -0.3 is 0 Å². The lowest BCUT2D eigenvalue weighted by Crippen LogP contribution is -2.48. The number of rotatable bonds is 4. The first kappa shape index (κ1) is 17.9. The highest BCUT2D eigenvalue weighted by Gasteiger charge is 2.29. The first-order valence-corrected chi connectivity index (χ1v) is 10.3. The lowest BCUT2D eigenvalue weighted by Gasteiger charge is -2.34. The molecule has 2 aromatic carbocycles. The first-order chi connectivity index (χ1) is 11.5. The summed E-state index contributed by atoms with van der Waals surface area (Å²) in [6.45, 7) is 3.17. The van der Waals surface area contributed by atoms with Crippen molar-refractivity contribution in [1.82, 2.24) is 9.21 Å². The zero-order valence-corrected chi connectivity index (χ0v) is 16.2. The van der Waals surface area contributed by atoms with Crippen LogP contribution in [-0.4, -0.2) is 43.8 Å². The van der Waals surface area contributed by atoms with Gasteiger partial charge in [0.15, 0.2) is 0 Å². The number of sulfonamides is 1. The summed E-state index contributed by atoms with van der Waals surface area (Å²) in [7, 11) is -3.46. The van der Waals surface area contributed by atoms with E-state index in [9.17, 15) is 8.42 Å². The summed E-state index contributed by atoms with van der Waals surface area (Å²) in [5.74, 6) is 0. The van der Waals surface area contributed by atoms with Crippen LogP contribution in [0.4, 0.5) is 0 Å². The molecule has 128 valence electrons. The molecule has 0 bridgehead atoms. The molecule has 1 heterocycles. The number of hydrogen-bond acceptors (Lipinski definition) is 3. The van der Waals surface area contributed by atoms with E-state index in [1.54, 1.807) is 22.5 Å². The minimum atomic E-state index is -3.46. The van der Waals surface area contributed by atoms with Gasteiger partial charge in [-0.15, -0.1) is 0 Å². The Balaban J connectivity index is 1.66. The van der Waals surface area contributed by atoms with E-state index in [4.69, 9.17) is 11.6 Å². The van der Waals surface area contributed by atoms with Crippen molar-refractivity contribution in [3.05, 3.63) is 63.6 Å². The summed E-state index contributed by atoms with van der Waals surface area (Å²) in [6.07, 6.45) is 0. The Hall–Kier alpha value is -0.920. The minimum absolute atomic E-state index is 0.327. The van der Waals surface area contributed by atoms with Crippen LogP contribution in [0.15, 0.2) is 57.9 Å². The van der Waals surface area contributed by atoms with E-state index in [2.05, 4.69) is 20.8 Å². The topological polar surface area (TPSA) is 40.6 Å². The van der Waals surface area contributed by atoms with Crippen LogP contribution >= 0.6 is 27.5 Å². The van der Waals surface area contributed by atoms with Crippen molar-refractivity contribution in [3.8, 4) is 0 Å².